The van der Waals surface area contributed by atoms with Gasteiger partial charge in [0.2, 0.25) is 0 Å². The summed E-state index contributed by atoms with van der Waals surface area (Å²) >= 11 is 0. The van der Waals surface area contributed by atoms with Crippen LogP contribution >= 0.6 is 0 Å². The summed E-state index contributed by atoms with van der Waals surface area (Å²) < 4.78 is 0. The molecule has 2 heteroatoms. The summed E-state index contributed by atoms with van der Waals surface area (Å²) in [7, 11) is 2.21. The molecule has 1 aliphatic carbocycles. The van der Waals surface area contributed by atoms with Crippen molar-refractivity contribution in [1.29, 1.82) is 0 Å². The monoisotopic (exact) mass is 260 g/mol. The normalized spacial score (nSPS) is 16.1. The van der Waals surface area contributed by atoms with E-state index in [2.05, 4.69) is 62.3 Å². The standard InChI is InChI=1S/C17H28N2/c1-5-17(2,3)19(4)13-15-8-6-14(7-9-15)12-18-16-10-11-16/h6-9,16,18H,5,10-13H2,1-4H3. The number of hydrogen-bond acceptors (Lipinski definition) is 2. The Kier molecular flexibility index (Phi) is 4.64. The van der Waals surface area contributed by atoms with Gasteiger partial charge in [-0.1, -0.05) is 31.2 Å². The molecule has 0 amide bonds. The quantitative estimate of drug-likeness (QED) is 0.806. The summed E-state index contributed by atoms with van der Waals surface area (Å²) in [6, 6.07) is 9.85. The van der Waals surface area contributed by atoms with Crippen molar-refractivity contribution < 1.29 is 0 Å². The molecule has 1 fully saturated rings. The minimum atomic E-state index is 0.270. The van der Waals surface area contributed by atoms with Gasteiger partial charge >= 0.3 is 0 Å². The Morgan fingerprint density at radius 3 is 2.26 bits per heavy atom. The van der Waals surface area contributed by atoms with Gasteiger partial charge in [0.15, 0.2) is 0 Å². The van der Waals surface area contributed by atoms with Gasteiger partial charge in [-0.25, -0.2) is 0 Å². The van der Waals surface area contributed by atoms with Crippen molar-refractivity contribution in [2.24, 2.45) is 0 Å². The maximum atomic E-state index is 3.56. The van der Waals surface area contributed by atoms with E-state index in [-0.39, 0.29) is 5.54 Å². The highest BCUT2D eigenvalue weighted by Gasteiger charge is 2.21. The summed E-state index contributed by atoms with van der Waals surface area (Å²) in [6.45, 7) is 8.91. The van der Waals surface area contributed by atoms with Crippen LogP contribution < -0.4 is 5.32 Å². The third-order valence-electron chi connectivity index (χ3n) is 4.51. The minimum absolute atomic E-state index is 0.270. The lowest BCUT2D eigenvalue weighted by atomic mass is 9.99. The predicted octanol–water partition coefficient (Wildman–Crippen LogP) is 3.56. The lowest BCUT2D eigenvalue weighted by Crippen LogP contribution is -2.39. The van der Waals surface area contributed by atoms with Crippen molar-refractivity contribution in [2.45, 2.75) is 64.7 Å². The molecule has 1 aromatic carbocycles. The molecule has 0 aliphatic heterocycles. The van der Waals surface area contributed by atoms with E-state index in [4.69, 9.17) is 0 Å². The highest BCUT2D eigenvalue weighted by Crippen LogP contribution is 2.21. The first-order chi connectivity index (χ1) is 9.01. The third kappa shape index (κ3) is 4.32. The average Bonchev–Trinajstić information content (AvgIpc) is 3.22. The van der Waals surface area contributed by atoms with Crippen molar-refractivity contribution >= 4 is 0 Å². The Morgan fingerprint density at radius 1 is 1.16 bits per heavy atom. The zero-order valence-corrected chi connectivity index (χ0v) is 12.9. The lowest BCUT2D eigenvalue weighted by Gasteiger charge is -2.34. The Balaban J connectivity index is 1.86. The first kappa shape index (κ1) is 14.5. The van der Waals surface area contributed by atoms with E-state index in [1.54, 1.807) is 0 Å². The van der Waals surface area contributed by atoms with Crippen LogP contribution in [0.15, 0.2) is 24.3 Å². The molecule has 2 rings (SSSR count). The Labute approximate surface area is 118 Å². The van der Waals surface area contributed by atoms with Gasteiger partial charge in [-0.15, -0.1) is 0 Å². The molecule has 1 N–H and O–H groups in total. The van der Waals surface area contributed by atoms with Crippen LogP contribution in [0.2, 0.25) is 0 Å². The van der Waals surface area contributed by atoms with Gasteiger partial charge in [0.1, 0.15) is 0 Å². The fraction of sp³-hybridized carbons (Fsp3) is 0.647. The van der Waals surface area contributed by atoms with E-state index < -0.39 is 0 Å². The largest absolute Gasteiger partial charge is 0.310 e. The number of nitrogens with one attached hydrogen (secondary N) is 1. The van der Waals surface area contributed by atoms with Crippen LogP contribution in [0.1, 0.15) is 51.2 Å². The molecular weight excluding hydrogens is 232 g/mol. The molecule has 0 spiro atoms. The third-order valence-corrected chi connectivity index (χ3v) is 4.51. The maximum absolute atomic E-state index is 3.56. The number of benzene rings is 1. The van der Waals surface area contributed by atoms with E-state index in [0.717, 1.165) is 19.1 Å². The van der Waals surface area contributed by atoms with Crippen LogP contribution in [0.4, 0.5) is 0 Å². The van der Waals surface area contributed by atoms with Gasteiger partial charge in [-0.2, -0.15) is 0 Å². The molecule has 106 valence electrons. The Bertz CT molecular complexity index is 390. The van der Waals surface area contributed by atoms with E-state index in [9.17, 15) is 0 Å². The second kappa shape index (κ2) is 6.06. The summed E-state index contributed by atoms with van der Waals surface area (Å²) in [4.78, 5) is 2.43. The topological polar surface area (TPSA) is 15.3 Å². The van der Waals surface area contributed by atoms with Crippen molar-refractivity contribution in [3.8, 4) is 0 Å². The highest BCUT2D eigenvalue weighted by atomic mass is 15.2. The number of hydrogen-bond donors (Lipinski definition) is 1. The van der Waals surface area contributed by atoms with Gasteiger partial charge < -0.3 is 5.32 Å². The van der Waals surface area contributed by atoms with Crippen LogP contribution in [-0.4, -0.2) is 23.5 Å². The van der Waals surface area contributed by atoms with Crippen molar-refractivity contribution in [3.05, 3.63) is 35.4 Å². The van der Waals surface area contributed by atoms with Gasteiger partial charge in [0.05, 0.1) is 0 Å². The fourth-order valence-electron chi connectivity index (χ4n) is 2.07. The second-order valence-corrected chi connectivity index (χ2v) is 6.49. The molecule has 19 heavy (non-hydrogen) atoms. The smallest absolute Gasteiger partial charge is 0.0235 e. The minimum Gasteiger partial charge on any atom is -0.310 e. The molecule has 0 aromatic heterocycles. The summed E-state index contributed by atoms with van der Waals surface area (Å²) in [5, 5.41) is 3.56. The van der Waals surface area contributed by atoms with Crippen molar-refractivity contribution in [2.75, 3.05) is 7.05 Å². The zero-order chi connectivity index (χ0) is 13.9. The molecule has 1 aliphatic rings. The van der Waals surface area contributed by atoms with Crippen molar-refractivity contribution in [1.82, 2.24) is 10.2 Å². The van der Waals surface area contributed by atoms with Gasteiger partial charge in [0.25, 0.3) is 0 Å². The van der Waals surface area contributed by atoms with Crippen LogP contribution in [0.5, 0.6) is 0 Å². The zero-order valence-electron chi connectivity index (χ0n) is 12.9. The van der Waals surface area contributed by atoms with Gasteiger partial charge in [-0.3, -0.25) is 4.90 Å². The van der Waals surface area contributed by atoms with E-state index in [1.165, 1.54) is 30.4 Å². The molecule has 2 nitrogen and oxygen atoms in total. The maximum Gasteiger partial charge on any atom is 0.0235 e. The lowest BCUT2D eigenvalue weighted by molar-refractivity contribution is 0.143. The molecule has 0 bridgehead atoms. The molecule has 0 unspecified atom stereocenters. The van der Waals surface area contributed by atoms with E-state index >= 15 is 0 Å². The van der Waals surface area contributed by atoms with Crippen LogP contribution in [0.25, 0.3) is 0 Å². The molecular formula is C17H28N2. The molecule has 0 atom stereocenters. The molecule has 0 radical (unpaired) electrons. The van der Waals surface area contributed by atoms with Crippen molar-refractivity contribution in [3.63, 3.8) is 0 Å². The average molecular weight is 260 g/mol. The first-order valence-electron chi connectivity index (χ1n) is 7.53. The highest BCUT2D eigenvalue weighted by molar-refractivity contribution is 5.22. The van der Waals surface area contributed by atoms with Crippen LogP contribution in [0.3, 0.4) is 0 Å². The second-order valence-electron chi connectivity index (χ2n) is 6.49. The summed E-state index contributed by atoms with van der Waals surface area (Å²) in [5.74, 6) is 0. The SMILES string of the molecule is CCC(C)(C)N(C)Cc1ccc(CNC2CC2)cc1. The first-order valence-corrected chi connectivity index (χ1v) is 7.53. The Morgan fingerprint density at radius 2 is 1.74 bits per heavy atom. The van der Waals surface area contributed by atoms with Gasteiger partial charge in [-0.05, 0) is 51.3 Å². The van der Waals surface area contributed by atoms with Crippen LogP contribution in [-0.2, 0) is 13.1 Å². The molecule has 1 saturated carbocycles. The fourth-order valence-corrected chi connectivity index (χ4v) is 2.07. The Hall–Kier alpha value is -0.860. The number of nitrogens with zero attached hydrogens (tertiary/aromatic N) is 1. The summed E-state index contributed by atoms with van der Waals surface area (Å²) in [6.07, 6.45) is 3.89. The van der Waals surface area contributed by atoms with Crippen LogP contribution in [0, 0.1) is 0 Å². The predicted molar refractivity (Wildman–Crippen MR) is 82.1 cm³/mol. The van der Waals surface area contributed by atoms with E-state index in [1.807, 2.05) is 0 Å². The number of rotatable bonds is 7. The summed E-state index contributed by atoms with van der Waals surface area (Å²) in [5.41, 5.74) is 3.07. The molecule has 0 saturated heterocycles. The van der Waals surface area contributed by atoms with E-state index in [0.29, 0.717) is 0 Å². The van der Waals surface area contributed by atoms with Gasteiger partial charge in [0, 0.05) is 24.7 Å². The molecule has 0 heterocycles. The molecule has 1 aromatic rings.